The van der Waals surface area contributed by atoms with Crippen LogP contribution in [0.25, 0.3) is 0 Å². The van der Waals surface area contributed by atoms with E-state index < -0.39 is 0 Å². The van der Waals surface area contributed by atoms with Crippen molar-refractivity contribution in [1.29, 1.82) is 0 Å². The molecule has 0 aliphatic heterocycles. The van der Waals surface area contributed by atoms with Crippen molar-refractivity contribution >= 4 is 0 Å². The summed E-state index contributed by atoms with van der Waals surface area (Å²) in [6.07, 6.45) is 12.1. The maximum absolute atomic E-state index is 4.02. The van der Waals surface area contributed by atoms with E-state index in [1.165, 1.54) is 38.5 Å². The number of hydrogen-bond donors (Lipinski definition) is 0. The second-order valence-corrected chi connectivity index (χ2v) is 6.02. The number of rotatable bonds is 3. The third-order valence-electron chi connectivity index (χ3n) is 4.92. The Bertz CT molecular complexity index is 251. The average Bonchev–Trinajstić information content (AvgIpc) is 2.30. The van der Waals surface area contributed by atoms with Gasteiger partial charge in [-0.15, -0.1) is 0 Å². The number of fused-ring (bicyclic) bond motifs is 1. The molecule has 0 nitrogen and oxygen atoms in total. The summed E-state index contributed by atoms with van der Waals surface area (Å²) in [5.74, 6) is 3.62. The lowest BCUT2D eigenvalue weighted by atomic mass is 9.63. The largest absolute Gasteiger partial charge is 0.0848 e. The molecule has 0 aromatic rings. The fourth-order valence-electron chi connectivity index (χ4n) is 3.91. The van der Waals surface area contributed by atoms with Gasteiger partial charge in [-0.1, -0.05) is 45.3 Å². The molecule has 2 rings (SSSR count). The first kappa shape index (κ1) is 12.2. The van der Waals surface area contributed by atoms with Crippen molar-refractivity contribution in [2.24, 2.45) is 23.7 Å². The fraction of sp³-hybridized carbons (Fsp3) is 0.812. The summed E-state index contributed by atoms with van der Waals surface area (Å²) in [5, 5.41) is 0. The predicted octanol–water partition coefficient (Wildman–Crippen LogP) is 5.01. The van der Waals surface area contributed by atoms with Gasteiger partial charge in [0.05, 0.1) is 0 Å². The van der Waals surface area contributed by atoms with E-state index >= 15 is 0 Å². The summed E-state index contributed by atoms with van der Waals surface area (Å²) in [4.78, 5) is 0. The third kappa shape index (κ3) is 2.36. The molecule has 0 saturated heterocycles. The van der Waals surface area contributed by atoms with Gasteiger partial charge in [-0.3, -0.25) is 0 Å². The zero-order valence-corrected chi connectivity index (χ0v) is 11.0. The maximum Gasteiger partial charge on any atom is -0.0175 e. The van der Waals surface area contributed by atoms with Gasteiger partial charge >= 0.3 is 0 Å². The smallest absolute Gasteiger partial charge is 0.0175 e. The minimum Gasteiger partial charge on any atom is -0.0848 e. The zero-order chi connectivity index (χ0) is 11.5. The first-order chi connectivity index (χ1) is 7.74. The zero-order valence-electron chi connectivity index (χ0n) is 11.0. The SMILES string of the molecule is [CH2]CCC(C)C1CCC(C)C2CCCC=C21. The highest BCUT2D eigenvalue weighted by molar-refractivity contribution is 5.18. The van der Waals surface area contributed by atoms with Crippen molar-refractivity contribution in [3.8, 4) is 0 Å². The topological polar surface area (TPSA) is 0 Å². The van der Waals surface area contributed by atoms with Crippen LogP contribution in [0.1, 0.15) is 58.8 Å². The van der Waals surface area contributed by atoms with Gasteiger partial charge in [0.1, 0.15) is 0 Å². The van der Waals surface area contributed by atoms with Crippen molar-refractivity contribution in [3.05, 3.63) is 18.6 Å². The van der Waals surface area contributed by atoms with Crippen molar-refractivity contribution < 1.29 is 0 Å². The summed E-state index contributed by atoms with van der Waals surface area (Å²) in [5.41, 5.74) is 1.84. The van der Waals surface area contributed by atoms with Gasteiger partial charge in [-0.2, -0.15) is 0 Å². The second-order valence-electron chi connectivity index (χ2n) is 6.02. The van der Waals surface area contributed by atoms with Crippen LogP contribution in [0.2, 0.25) is 0 Å². The van der Waals surface area contributed by atoms with E-state index in [1.807, 2.05) is 5.57 Å². The molecule has 1 fully saturated rings. The van der Waals surface area contributed by atoms with Crippen LogP contribution in [-0.4, -0.2) is 0 Å². The van der Waals surface area contributed by atoms with E-state index in [4.69, 9.17) is 0 Å². The lowest BCUT2D eigenvalue weighted by molar-refractivity contribution is 0.206. The summed E-state index contributed by atoms with van der Waals surface area (Å²) >= 11 is 0. The molecule has 0 heteroatoms. The Kier molecular flexibility index (Phi) is 4.10. The van der Waals surface area contributed by atoms with Crippen LogP contribution < -0.4 is 0 Å². The molecule has 1 saturated carbocycles. The highest BCUT2D eigenvalue weighted by Gasteiger charge is 2.35. The fourth-order valence-corrected chi connectivity index (χ4v) is 3.91. The van der Waals surface area contributed by atoms with Crippen LogP contribution >= 0.6 is 0 Å². The molecule has 0 bridgehead atoms. The molecule has 0 aromatic heterocycles. The molecule has 2 aliphatic carbocycles. The molecule has 16 heavy (non-hydrogen) atoms. The van der Waals surface area contributed by atoms with Crippen LogP contribution in [0.3, 0.4) is 0 Å². The molecule has 0 heterocycles. The first-order valence-electron chi connectivity index (χ1n) is 7.23. The third-order valence-corrected chi connectivity index (χ3v) is 4.92. The Labute approximate surface area is 102 Å². The first-order valence-corrected chi connectivity index (χ1v) is 7.23. The van der Waals surface area contributed by atoms with E-state index in [1.54, 1.807) is 0 Å². The summed E-state index contributed by atoms with van der Waals surface area (Å²) in [6, 6.07) is 0. The molecule has 1 radical (unpaired) electrons. The standard InChI is InChI=1S/C16H27/c1-4-7-12(2)15-11-10-13(3)14-8-5-6-9-16(14)15/h9,12-15H,1,4-8,10-11H2,2-3H3. The van der Waals surface area contributed by atoms with Crippen LogP contribution in [0.4, 0.5) is 0 Å². The van der Waals surface area contributed by atoms with E-state index in [9.17, 15) is 0 Å². The molecular weight excluding hydrogens is 192 g/mol. The molecule has 4 unspecified atom stereocenters. The van der Waals surface area contributed by atoms with Crippen LogP contribution in [0, 0.1) is 30.6 Å². The van der Waals surface area contributed by atoms with Crippen LogP contribution in [0.15, 0.2) is 11.6 Å². The second kappa shape index (κ2) is 5.38. The maximum atomic E-state index is 4.02. The summed E-state index contributed by atoms with van der Waals surface area (Å²) < 4.78 is 0. The van der Waals surface area contributed by atoms with Gasteiger partial charge in [0.15, 0.2) is 0 Å². The molecule has 4 atom stereocenters. The molecule has 0 aromatic carbocycles. The number of hydrogen-bond acceptors (Lipinski definition) is 0. The molecule has 0 amide bonds. The van der Waals surface area contributed by atoms with Crippen molar-refractivity contribution in [2.75, 3.05) is 0 Å². The van der Waals surface area contributed by atoms with Gasteiger partial charge in [-0.25, -0.2) is 0 Å². The normalized spacial score (nSPS) is 36.4. The van der Waals surface area contributed by atoms with Crippen molar-refractivity contribution in [1.82, 2.24) is 0 Å². The summed E-state index contributed by atoms with van der Waals surface area (Å²) in [7, 11) is 0. The number of allylic oxidation sites excluding steroid dienone is 2. The van der Waals surface area contributed by atoms with Gasteiger partial charge in [0, 0.05) is 0 Å². The van der Waals surface area contributed by atoms with Gasteiger partial charge < -0.3 is 0 Å². The lowest BCUT2D eigenvalue weighted by Crippen LogP contribution is -2.31. The van der Waals surface area contributed by atoms with Crippen molar-refractivity contribution in [3.63, 3.8) is 0 Å². The van der Waals surface area contributed by atoms with E-state index in [-0.39, 0.29) is 0 Å². The molecular formula is C16H27. The lowest BCUT2D eigenvalue weighted by Gasteiger charge is -2.42. The van der Waals surface area contributed by atoms with Crippen LogP contribution in [-0.2, 0) is 0 Å². The Morgan fingerprint density at radius 2 is 2.19 bits per heavy atom. The Balaban J connectivity index is 2.11. The van der Waals surface area contributed by atoms with Gasteiger partial charge in [0.25, 0.3) is 0 Å². The Morgan fingerprint density at radius 1 is 1.38 bits per heavy atom. The molecule has 0 spiro atoms. The highest BCUT2D eigenvalue weighted by Crippen LogP contribution is 2.46. The quantitative estimate of drug-likeness (QED) is 0.585. The average molecular weight is 219 g/mol. The Morgan fingerprint density at radius 3 is 2.94 bits per heavy atom. The van der Waals surface area contributed by atoms with Crippen LogP contribution in [0.5, 0.6) is 0 Å². The van der Waals surface area contributed by atoms with E-state index in [2.05, 4.69) is 26.8 Å². The molecule has 91 valence electrons. The van der Waals surface area contributed by atoms with E-state index in [0.29, 0.717) is 0 Å². The monoisotopic (exact) mass is 219 g/mol. The highest BCUT2D eigenvalue weighted by atomic mass is 14.4. The minimum atomic E-state index is 0.858. The Hall–Kier alpha value is -0.260. The van der Waals surface area contributed by atoms with Crippen molar-refractivity contribution in [2.45, 2.75) is 58.8 Å². The summed E-state index contributed by atoms with van der Waals surface area (Å²) in [6.45, 7) is 8.93. The predicted molar refractivity (Wildman–Crippen MR) is 71.1 cm³/mol. The van der Waals surface area contributed by atoms with Gasteiger partial charge in [0.2, 0.25) is 0 Å². The molecule has 2 aliphatic rings. The van der Waals surface area contributed by atoms with Gasteiger partial charge in [-0.05, 0) is 55.8 Å². The van der Waals surface area contributed by atoms with E-state index in [0.717, 1.165) is 30.1 Å². The minimum absolute atomic E-state index is 0.858. The molecule has 0 N–H and O–H groups in total.